The molecule has 4 bridgehead atoms. The maximum Gasteiger partial charge on any atom is 0.335 e. The number of benzene rings is 3. The van der Waals surface area contributed by atoms with Gasteiger partial charge in [0.05, 0.1) is 12.3 Å². The Bertz CT molecular complexity index is 1600. The summed E-state index contributed by atoms with van der Waals surface area (Å²) in [6, 6.07) is 20.5. The molecule has 3 aromatic rings. The van der Waals surface area contributed by atoms with Crippen molar-refractivity contribution in [3.63, 3.8) is 0 Å². The number of anilines is 1. The Morgan fingerprint density at radius 2 is 1.50 bits per heavy atom. The Balaban J connectivity index is 1.11. The van der Waals surface area contributed by atoms with Crippen molar-refractivity contribution in [2.24, 2.45) is 17.8 Å². The second kappa shape index (κ2) is 11.3. The summed E-state index contributed by atoms with van der Waals surface area (Å²) in [7, 11) is 0. The zero-order chi connectivity index (χ0) is 30.4. The van der Waals surface area contributed by atoms with Crippen molar-refractivity contribution in [2.45, 2.75) is 64.4 Å². The van der Waals surface area contributed by atoms with E-state index in [0.717, 1.165) is 28.2 Å². The van der Waals surface area contributed by atoms with Crippen molar-refractivity contribution in [1.82, 2.24) is 5.32 Å². The van der Waals surface area contributed by atoms with Crippen molar-refractivity contribution in [1.29, 1.82) is 0 Å². The van der Waals surface area contributed by atoms with E-state index in [0.29, 0.717) is 36.0 Å². The number of carbonyl (C=O) groups is 3. The summed E-state index contributed by atoms with van der Waals surface area (Å²) in [4.78, 5) is 40.5. The number of hydrogen-bond donors (Lipinski definition) is 1. The van der Waals surface area contributed by atoms with Crippen LogP contribution in [0.5, 0.6) is 11.5 Å². The number of urea groups is 1. The van der Waals surface area contributed by atoms with Crippen LogP contribution in [0.2, 0.25) is 0 Å². The van der Waals surface area contributed by atoms with Crippen molar-refractivity contribution < 1.29 is 23.9 Å². The normalized spacial score (nSPS) is 26.7. The van der Waals surface area contributed by atoms with Gasteiger partial charge in [-0.05, 0) is 123 Å². The molecular weight excluding hydrogens is 552 g/mol. The molecular formula is C37H38N2O5. The van der Waals surface area contributed by atoms with E-state index in [4.69, 9.17) is 9.47 Å². The molecule has 1 aliphatic heterocycles. The molecule has 226 valence electrons. The van der Waals surface area contributed by atoms with Crippen LogP contribution < -0.4 is 19.7 Å². The lowest BCUT2D eigenvalue weighted by atomic mass is 9.48. The Morgan fingerprint density at radius 1 is 0.841 bits per heavy atom. The molecule has 0 radical (unpaired) electrons. The van der Waals surface area contributed by atoms with E-state index in [1.807, 2.05) is 50.2 Å². The van der Waals surface area contributed by atoms with E-state index in [2.05, 4.69) is 17.4 Å². The minimum atomic E-state index is -0.741. The van der Waals surface area contributed by atoms with Crippen LogP contribution in [-0.2, 0) is 21.6 Å². The molecule has 7 heteroatoms. The van der Waals surface area contributed by atoms with Crippen LogP contribution in [0.15, 0.2) is 72.3 Å². The van der Waals surface area contributed by atoms with E-state index in [1.165, 1.54) is 55.7 Å². The summed E-state index contributed by atoms with van der Waals surface area (Å²) in [6.07, 6.45) is 9.33. The molecule has 5 aliphatic rings. The predicted molar refractivity (Wildman–Crippen MR) is 168 cm³/mol. The standard InChI is InChI=1S/C37H38N2O5/c1-3-43-33-18-25(8-13-32(33)44-22-24-6-4-23(2)5-7-24)17-31-34(40)38-36(42)39(35(31)41)30-11-9-29(10-12-30)37-19-26-14-27(20-37)16-28(15-26)21-37/h4-13,17-18,26-28H,3,14-16,19-22H2,1-2H3,(H,38,40,42)/b31-17+. The molecule has 0 unspecified atom stereocenters. The van der Waals surface area contributed by atoms with Gasteiger partial charge in [-0.1, -0.05) is 48.0 Å². The topological polar surface area (TPSA) is 84.9 Å². The Kier molecular flexibility index (Phi) is 7.27. The summed E-state index contributed by atoms with van der Waals surface area (Å²) in [5, 5.41) is 2.35. The number of nitrogens with zero attached hydrogens (tertiary/aromatic N) is 1. The van der Waals surface area contributed by atoms with Crippen LogP contribution in [0.25, 0.3) is 6.08 Å². The number of hydrogen-bond acceptors (Lipinski definition) is 5. The van der Waals surface area contributed by atoms with Gasteiger partial charge in [-0.2, -0.15) is 0 Å². The molecule has 1 heterocycles. The molecule has 0 atom stereocenters. The first-order chi connectivity index (χ1) is 21.3. The van der Waals surface area contributed by atoms with E-state index < -0.39 is 17.8 Å². The quantitative estimate of drug-likeness (QED) is 0.223. The molecule has 1 N–H and O–H groups in total. The van der Waals surface area contributed by atoms with Gasteiger partial charge in [-0.3, -0.25) is 14.9 Å². The van der Waals surface area contributed by atoms with Gasteiger partial charge in [0, 0.05) is 0 Å². The van der Waals surface area contributed by atoms with E-state index in [9.17, 15) is 14.4 Å². The minimum Gasteiger partial charge on any atom is -0.490 e. The number of nitrogens with one attached hydrogen (secondary N) is 1. The lowest BCUT2D eigenvalue weighted by Crippen LogP contribution is -2.54. The third-order valence-electron chi connectivity index (χ3n) is 9.97. The van der Waals surface area contributed by atoms with Gasteiger partial charge in [0.15, 0.2) is 11.5 Å². The summed E-state index contributed by atoms with van der Waals surface area (Å²) in [5.74, 6) is 2.16. The zero-order valence-electron chi connectivity index (χ0n) is 25.3. The number of rotatable bonds is 8. The molecule has 4 amide bonds. The number of imide groups is 2. The van der Waals surface area contributed by atoms with E-state index in [1.54, 1.807) is 18.2 Å². The monoisotopic (exact) mass is 590 g/mol. The van der Waals surface area contributed by atoms with Gasteiger partial charge >= 0.3 is 6.03 Å². The van der Waals surface area contributed by atoms with Crippen molar-refractivity contribution in [2.75, 3.05) is 11.5 Å². The fourth-order valence-electron chi connectivity index (χ4n) is 8.33. The second-order valence-corrected chi connectivity index (χ2v) is 13.1. The van der Waals surface area contributed by atoms with Crippen molar-refractivity contribution in [3.8, 4) is 11.5 Å². The first kappa shape index (κ1) is 28.4. The van der Waals surface area contributed by atoms with Crippen LogP contribution in [0.4, 0.5) is 10.5 Å². The highest BCUT2D eigenvalue weighted by Gasteiger charge is 2.51. The molecule has 3 aromatic carbocycles. The second-order valence-electron chi connectivity index (χ2n) is 13.1. The Hall–Kier alpha value is -4.39. The number of ether oxygens (including phenoxy) is 2. The summed E-state index contributed by atoms with van der Waals surface area (Å²) < 4.78 is 11.9. The lowest BCUT2D eigenvalue weighted by molar-refractivity contribution is -0.122. The zero-order valence-corrected chi connectivity index (χ0v) is 25.3. The first-order valence-electron chi connectivity index (χ1n) is 15.8. The van der Waals surface area contributed by atoms with Crippen LogP contribution in [-0.4, -0.2) is 24.5 Å². The summed E-state index contributed by atoms with van der Waals surface area (Å²) in [6.45, 7) is 4.71. The average molecular weight is 591 g/mol. The van der Waals surface area contributed by atoms with Crippen molar-refractivity contribution in [3.05, 3.63) is 94.6 Å². The lowest BCUT2D eigenvalue weighted by Gasteiger charge is -2.57. The Labute approximate surface area is 258 Å². The van der Waals surface area contributed by atoms with Gasteiger partial charge in [0.25, 0.3) is 11.8 Å². The van der Waals surface area contributed by atoms with Crippen LogP contribution in [0.3, 0.4) is 0 Å². The molecule has 8 rings (SSSR count). The molecule has 0 aromatic heterocycles. The third kappa shape index (κ3) is 5.29. The van der Waals surface area contributed by atoms with Crippen LogP contribution in [0, 0.1) is 24.7 Å². The molecule has 5 fully saturated rings. The van der Waals surface area contributed by atoms with Crippen molar-refractivity contribution >= 4 is 29.6 Å². The van der Waals surface area contributed by atoms with Gasteiger partial charge in [0.2, 0.25) is 0 Å². The fraction of sp³-hybridized carbons (Fsp3) is 0.378. The number of amides is 4. The molecule has 0 spiro atoms. The maximum atomic E-state index is 13.6. The number of barbiturate groups is 1. The number of aryl methyl sites for hydroxylation is 1. The van der Waals surface area contributed by atoms with Gasteiger partial charge in [-0.15, -0.1) is 0 Å². The fourth-order valence-corrected chi connectivity index (χ4v) is 8.33. The van der Waals surface area contributed by atoms with Gasteiger partial charge in [-0.25, -0.2) is 9.69 Å². The van der Waals surface area contributed by atoms with Gasteiger partial charge in [0.1, 0.15) is 12.2 Å². The highest BCUT2D eigenvalue weighted by molar-refractivity contribution is 6.39. The van der Waals surface area contributed by atoms with E-state index in [-0.39, 0.29) is 11.0 Å². The first-order valence-corrected chi connectivity index (χ1v) is 15.8. The number of carbonyl (C=O) groups excluding carboxylic acids is 3. The molecule has 4 aliphatic carbocycles. The highest BCUT2D eigenvalue weighted by Crippen LogP contribution is 2.60. The SMILES string of the molecule is CCOc1cc(/C=C2\C(=O)NC(=O)N(c3ccc(C45CC6CC(CC(C6)C4)C5)cc3)C2=O)ccc1OCc1ccc(C)cc1. The largest absolute Gasteiger partial charge is 0.490 e. The maximum absolute atomic E-state index is 13.6. The average Bonchev–Trinajstić information content (AvgIpc) is 2.99. The third-order valence-corrected chi connectivity index (χ3v) is 9.97. The van der Waals surface area contributed by atoms with Crippen LogP contribution in [0.1, 0.15) is 67.7 Å². The summed E-state index contributed by atoms with van der Waals surface area (Å²) in [5.41, 5.74) is 4.66. The smallest absolute Gasteiger partial charge is 0.335 e. The predicted octanol–water partition coefficient (Wildman–Crippen LogP) is 7.11. The van der Waals surface area contributed by atoms with Crippen LogP contribution >= 0.6 is 0 Å². The molecule has 7 nitrogen and oxygen atoms in total. The van der Waals surface area contributed by atoms with E-state index >= 15 is 0 Å². The van der Waals surface area contributed by atoms with Gasteiger partial charge < -0.3 is 9.47 Å². The Morgan fingerprint density at radius 3 is 2.14 bits per heavy atom. The molecule has 4 saturated carbocycles. The minimum absolute atomic E-state index is 0.120. The molecule has 1 saturated heterocycles. The summed E-state index contributed by atoms with van der Waals surface area (Å²) >= 11 is 0. The molecule has 44 heavy (non-hydrogen) atoms. The highest BCUT2D eigenvalue weighted by atomic mass is 16.5.